The van der Waals surface area contributed by atoms with Gasteiger partial charge in [-0.25, -0.2) is 0 Å². The number of Topliss-reactive ketones (excluding diaryl/α,β-unsaturated/α-hetero) is 1. The van der Waals surface area contributed by atoms with Crippen LogP contribution in [-0.2, 0) is 0 Å². The summed E-state index contributed by atoms with van der Waals surface area (Å²) in [6, 6.07) is 16.4. The Morgan fingerprint density at radius 1 is 1.00 bits per heavy atom. The van der Waals surface area contributed by atoms with Crippen LogP contribution in [0.5, 0.6) is 0 Å². The number of rotatable bonds is 3. The SMILES string of the molecule is CC(=O)c1c(-c2ccc(C(C)C)cc2)[nH]c2ccccc12. The molecule has 1 heterocycles. The van der Waals surface area contributed by atoms with Gasteiger partial charge in [-0.05, 0) is 30.0 Å². The van der Waals surface area contributed by atoms with Gasteiger partial charge in [0.15, 0.2) is 5.78 Å². The number of ketones is 1. The van der Waals surface area contributed by atoms with E-state index < -0.39 is 0 Å². The third kappa shape index (κ3) is 2.38. The average Bonchev–Trinajstić information content (AvgIpc) is 2.86. The molecule has 1 aromatic heterocycles. The van der Waals surface area contributed by atoms with Gasteiger partial charge in [-0.3, -0.25) is 4.79 Å². The number of hydrogen-bond donors (Lipinski definition) is 1. The number of aromatic amines is 1. The summed E-state index contributed by atoms with van der Waals surface area (Å²) in [4.78, 5) is 15.5. The lowest BCUT2D eigenvalue weighted by Gasteiger charge is -2.07. The number of nitrogens with one attached hydrogen (secondary N) is 1. The zero-order chi connectivity index (χ0) is 15.0. The summed E-state index contributed by atoms with van der Waals surface area (Å²) in [6.07, 6.45) is 0. The van der Waals surface area contributed by atoms with Crippen molar-refractivity contribution in [2.45, 2.75) is 26.7 Å². The van der Waals surface area contributed by atoms with Gasteiger partial charge in [0, 0.05) is 10.9 Å². The number of hydrogen-bond acceptors (Lipinski definition) is 1. The van der Waals surface area contributed by atoms with E-state index in [1.165, 1.54) is 5.56 Å². The molecular formula is C19H19NO. The fraction of sp³-hybridized carbons (Fsp3) is 0.211. The highest BCUT2D eigenvalue weighted by Gasteiger charge is 2.16. The Morgan fingerprint density at radius 3 is 2.29 bits per heavy atom. The number of H-pyrrole nitrogens is 1. The van der Waals surface area contributed by atoms with Crippen LogP contribution in [0.25, 0.3) is 22.2 Å². The second-order valence-corrected chi connectivity index (χ2v) is 5.75. The zero-order valence-corrected chi connectivity index (χ0v) is 12.6. The van der Waals surface area contributed by atoms with E-state index in [0.717, 1.165) is 27.7 Å². The lowest BCUT2D eigenvalue weighted by molar-refractivity contribution is 0.102. The van der Waals surface area contributed by atoms with Gasteiger partial charge in [0.1, 0.15) is 0 Å². The molecule has 0 bridgehead atoms. The molecule has 0 amide bonds. The predicted octanol–water partition coefficient (Wildman–Crippen LogP) is 5.16. The zero-order valence-electron chi connectivity index (χ0n) is 12.6. The van der Waals surface area contributed by atoms with E-state index in [0.29, 0.717) is 5.92 Å². The van der Waals surface area contributed by atoms with Gasteiger partial charge in [-0.2, -0.15) is 0 Å². The van der Waals surface area contributed by atoms with Crippen LogP contribution >= 0.6 is 0 Å². The van der Waals surface area contributed by atoms with Crippen molar-refractivity contribution >= 4 is 16.7 Å². The van der Waals surface area contributed by atoms with Gasteiger partial charge in [0.2, 0.25) is 0 Å². The minimum absolute atomic E-state index is 0.0930. The van der Waals surface area contributed by atoms with Crippen molar-refractivity contribution in [1.29, 1.82) is 0 Å². The molecule has 0 radical (unpaired) electrons. The van der Waals surface area contributed by atoms with Gasteiger partial charge < -0.3 is 4.98 Å². The molecule has 0 fully saturated rings. The first-order chi connectivity index (χ1) is 10.1. The molecule has 3 aromatic rings. The average molecular weight is 277 g/mol. The number of aromatic nitrogens is 1. The van der Waals surface area contributed by atoms with E-state index in [-0.39, 0.29) is 5.78 Å². The number of fused-ring (bicyclic) bond motifs is 1. The molecule has 2 heteroatoms. The number of para-hydroxylation sites is 1. The van der Waals surface area contributed by atoms with Crippen molar-refractivity contribution in [2.24, 2.45) is 0 Å². The molecule has 2 nitrogen and oxygen atoms in total. The van der Waals surface area contributed by atoms with Crippen LogP contribution in [0.3, 0.4) is 0 Å². The van der Waals surface area contributed by atoms with E-state index in [1.807, 2.05) is 24.3 Å². The van der Waals surface area contributed by atoms with Crippen LogP contribution < -0.4 is 0 Å². The number of benzene rings is 2. The van der Waals surface area contributed by atoms with E-state index >= 15 is 0 Å². The first kappa shape index (κ1) is 13.6. The Labute approximate surface area is 124 Å². The smallest absolute Gasteiger partial charge is 0.162 e. The van der Waals surface area contributed by atoms with Crippen molar-refractivity contribution in [3.63, 3.8) is 0 Å². The highest BCUT2D eigenvalue weighted by molar-refractivity contribution is 6.12. The third-order valence-electron chi connectivity index (χ3n) is 3.92. The Balaban J connectivity index is 2.19. The highest BCUT2D eigenvalue weighted by atomic mass is 16.1. The second kappa shape index (κ2) is 5.21. The van der Waals surface area contributed by atoms with Crippen molar-refractivity contribution in [3.8, 4) is 11.3 Å². The maximum Gasteiger partial charge on any atom is 0.162 e. The Hall–Kier alpha value is -2.35. The summed E-state index contributed by atoms with van der Waals surface area (Å²) in [5.41, 5.74) is 5.06. The summed E-state index contributed by atoms with van der Waals surface area (Å²) >= 11 is 0. The van der Waals surface area contributed by atoms with Crippen LogP contribution in [0, 0.1) is 0 Å². The summed E-state index contributed by atoms with van der Waals surface area (Å²) < 4.78 is 0. The third-order valence-corrected chi connectivity index (χ3v) is 3.92. The van der Waals surface area contributed by atoms with Gasteiger partial charge in [0.05, 0.1) is 11.3 Å². The normalized spacial score (nSPS) is 11.2. The van der Waals surface area contributed by atoms with Gasteiger partial charge in [0.25, 0.3) is 0 Å². The first-order valence-corrected chi connectivity index (χ1v) is 7.30. The second-order valence-electron chi connectivity index (χ2n) is 5.75. The standard InChI is InChI=1S/C19H19NO/c1-12(2)14-8-10-15(11-9-14)19-18(13(3)21)16-6-4-5-7-17(16)20-19/h4-12,20H,1-3H3. The van der Waals surface area contributed by atoms with Crippen LogP contribution in [-0.4, -0.2) is 10.8 Å². The van der Waals surface area contributed by atoms with E-state index in [1.54, 1.807) is 6.92 Å². The molecule has 0 spiro atoms. The molecule has 1 N–H and O–H groups in total. The molecule has 0 saturated carbocycles. The Kier molecular flexibility index (Phi) is 3.38. The van der Waals surface area contributed by atoms with Crippen molar-refractivity contribution in [2.75, 3.05) is 0 Å². The monoisotopic (exact) mass is 277 g/mol. The van der Waals surface area contributed by atoms with Crippen LogP contribution in [0.15, 0.2) is 48.5 Å². The molecular weight excluding hydrogens is 258 g/mol. The summed E-state index contributed by atoms with van der Waals surface area (Å²) in [7, 11) is 0. The first-order valence-electron chi connectivity index (χ1n) is 7.30. The summed E-state index contributed by atoms with van der Waals surface area (Å²) in [5, 5.41) is 0.993. The lowest BCUT2D eigenvalue weighted by Crippen LogP contribution is -1.94. The molecule has 21 heavy (non-hydrogen) atoms. The molecule has 0 atom stereocenters. The molecule has 0 aliphatic heterocycles. The van der Waals surface area contributed by atoms with Crippen LogP contribution in [0.1, 0.15) is 42.6 Å². The van der Waals surface area contributed by atoms with E-state index in [4.69, 9.17) is 0 Å². The molecule has 0 aliphatic carbocycles. The van der Waals surface area contributed by atoms with Gasteiger partial charge >= 0.3 is 0 Å². The quantitative estimate of drug-likeness (QED) is 0.659. The van der Waals surface area contributed by atoms with Crippen molar-refractivity contribution < 1.29 is 4.79 Å². The fourth-order valence-corrected chi connectivity index (χ4v) is 2.76. The molecule has 106 valence electrons. The Bertz CT molecular complexity index is 794. The van der Waals surface area contributed by atoms with Crippen molar-refractivity contribution in [3.05, 3.63) is 59.7 Å². The summed E-state index contributed by atoms with van der Waals surface area (Å²) in [5.74, 6) is 0.601. The predicted molar refractivity (Wildman–Crippen MR) is 87.8 cm³/mol. The van der Waals surface area contributed by atoms with E-state index in [9.17, 15) is 4.79 Å². The highest BCUT2D eigenvalue weighted by Crippen LogP contribution is 2.31. The maximum atomic E-state index is 12.1. The van der Waals surface area contributed by atoms with Crippen LogP contribution in [0.2, 0.25) is 0 Å². The minimum atomic E-state index is 0.0930. The van der Waals surface area contributed by atoms with E-state index in [2.05, 4.69) is 43.1 Å². The summed E-state index contributed by atoms with van der Waals surface area (Å²) in [6.45, 7) is 5.99. The molecule has 0 aliphatic rings. The molecule has 0 saturated heterocycles. The molecule has 2 aromatic carbocycles. The fourth-order valence-electron chi connectivity index (χ4n) is 2.76. The number of carbonyl (C=O) groups excluding carboxylic acids is 1. The van der Waals surface area contributed by atoms with Gasteiger partial charge in [-0.1, -0.05) is 56.3 Å². The Morgan fingerprint density at radius 2 is 1.67 bits per heavy atom. The molecule has 0 unspecified atom stereocenters. The van der Waals surface area contributed by atoms with Crippen LogP contribution in [0.4, 0.5) is 0 Å². The molecule has 3 rings (SSSR count). The largest absolute Gasteiger partial charge is 0.354 e. The minimum Gasteiger partial charge on any atom is -0.354 e. The van der Waals surface area contributed by atoms with Crippen molar-refractivity contribution in [1.82, 2.24) is 4.98 Å². The topological polar surface area (TPSA) is 32.9 Å². The van der Waals surface area contributed by atoms with Gasteiger partial charge in [-0.15, -0.1) is 0 Å². The maximum absolute atomic E-state index is 12.1. The number of carbonyl (C=O) groups is 1. The lowest BCUT2D eigenvalue weighted by atomic mass is 9.98.